The van der Waals surface area contributed by atoms with Crippen LogP contribution >= 0.6 is 30.3 Å². The van der Waals surface area contributed by atoms with Gasteiger partial charge < -0.3 is 24.4 Å². The van der Waals surface area contributed by atoms with Crippen molar-refractivity contribution in [2.75, 3.05) is 50.2 Å². The molecule has 1 aromatic carbocycles. The molecule has 0 aliphatic carbocycles. The summed E-state index contributed by atoms with van der Waals surface area (Å²) in [4.78, 5) is 33.3. The van der Waals surface area contributed by atoms with Gasteiger partial charge in [0.05, 0.1) is 36.5 Å². The maximum atomic E-state index is 13.0. The summed E-state index contributed by atoms with van der Waals surface area (Å²) < 4.78 is 19.2. The van der Waals surface area contributed by atoms with E-state index in [9.17, 15) is 4.79 Å². The fourth-order valence-corrected chi connectivity index (χ4v) is 6.24. The number of rotatable bonds is 2. The molecule has 12 nitrogen and oxygen atoms in total. The van der Waals surface area contributed by atoms with Gasteiger partial charge in [-0.3, -0.25) is 19.3 Å². The highest BCUT2D eigenvalue weighted by molar-refractivity contribution is 14.2. The minimum atomic E-state index is -0.260. The third-order valence-electron chi connectivity index (χ3n) is 7.02. The quantitative estimate of drug-likeness (QED) is 0.240. The molecule has 7 rings (SSSR count). The van der Waals surface area contributed by atoms with Crippen molar-refractivity contribution < 1.29 is 19.0 Å². The van der Waals surface area contributed by atoms with Crippen LogP contribution in [0.1, 0.15) is 5.56 Å². The number of ether oxygens (including phenoxy) is 3. The van der Waals surface area contributed by atoms with E-state index >= 15 is 0 Å². The van der Waals surface area contributed by atoms with Gasteiger partial charge in [-0.25, -0.2) is 4.79 Å². The Hall–Kier alpha value is -3.89. The minimum Gasteiger partial charge on any atom is -0.488 e. The molecule has 2 amide bonds. The van der Waals surface area contributed by atoms with Crippen LogP contribution in [0.15, 0.2) is 55.1 Å². The van der Waals surface area contributed by atoms with E-state index in [4.69, 9.17) is 24.2 Å². The molecule has 0 saturated carbocycles. The van der Waals surface area contributed by atoms with Crippen molar-refractivity contribution in [3.63, 3.8) is 0 Å². The molecule has 6 heterocycles. The Morgan fingerprint density at radius 1 is 1.00 bits per heavy atom. The molecule has 2 aliphatic rings. The molecular formula is C28H25IN8O4S. The summed E-state index contributed by atoms with van der Waals surface area (Å²) in [6, 6.07) is 9.78. The van der Waals surface area contributed by atoms with Crippen LogP contribution in [0.5, 0.6) is 11.5 Å². The number of benzene rings is 1. The van der Waals surface area contributed by atoms with Crippen LogP contribution in [0.2, 0.25) is 0 Å². The van der Waals surface area contributed by atoms with E-state index < -0.39 is 0 Å². The molecule has 5 bridgehead atoms. The molecule has 0 spiro atoms. The second-order valence-corrected chi connectivity index (χ2v) is 11.4. The molecular weight excluding hydrogens is 671 g/mol. The zero-order chi connectivity index (χ0) is 28.5. The van der Waals surface area contributed by atoms with Gasteiger partial charge in [-0.15, -0.1) is 0 Å². The number of hydrogen-bond donors (Lipinski definition) is 2. The number of carbonyl (C=O) groups is 1. The van der Waals surface area contributed by atoms with E-state index in [1.165, 1.54) is 9.12 Å². The van der Waals surface area contributed by atoms with Crippen LogP contribution < -0.4 is 20.1 Å². The van der Waals surface area contributed by atoms with Crippen molar-refractivity contribution in [1.29, 1.82) is 0 Å². The summed E-state index contributed by atoms with van der Waals surface area (Å²) in [5, 5.41) is 8.15. The van der Waals surface area contributed by atoms with Gasteiger partial charge in [-0.1, -0.05) is 6.07 Å². The number of morpholine rings is 1. The van der Waals surface area contributed by atoms with Gasteiger partial charge in [-0.05, 0) is 35.4 Å². The van der Waals surface area contributed by atoms with Gasteiger partial charge in [0.25, 0.3) is 0 Å². The molecule has 2 aliphatic heterocycles. The average Bonchev–Trinajstić information content (AvgIpc) is 3.40. The number of pyridine rings is 2. The number of anilines is 2. The average molecular weight is 697 g/mol. The lowest BCUT2D eigenvalue weighted by Crippen LogP contribution is -2.43. The van der Waals surface area contributed by atoms with Gasteiger partial charge in [-0.2, -0.15) is 9.97 Å². The van der Waals surface area contributed by atoms with E-state index in [2.05, 4.69) is 47.9 Å². The maximum absolute atomic E-state index is 13.0. The Morgan fingerprint density at radius 3 is 2.67 bits per heavy atom. The Morgan fingerprint density at radius 2 is 1.83 bits per heavy atom. The molecule has 0 unspecified atom stereocenters. The van der Waals surface area contributed by atoms with E-state index in [0.717, 1.165) is 33.0 Å². The predicted molar refractivity (Wildman–Crippen MR) is 169 cm³/mol. The third kappa shape index (κ3) is 5.48. The summed E-state index contributed by atoms with van der Waals surface area (Å²) in [6.07, 6.45) is 7.21. The lowest BCUT2D eigenvalue weighted by Gasteiger charge is -2.26. The van der Waals surface area contributed by atoms with Crippen molar-refractivity contribution in [3.8, 4) is 22.6 Å². The third-order valence-corrected chi connectivity index (χ3v) is 8.72. The first kappa shape index (κ1) is 27.0. The molecule has 14 heteroatoms. The molecule has 4 aromatic heterocycles. The Labute approximate surface area is 256 Å². The molecule has 0 radical (unpaired) electrons. The lowest BCUT2D eigenvalue weighted by atomic mass is 10.0. The number of nitrogens with zero attached hydrogens (tertiary/aromatic N) is 6. The first-order valence-corrected chi connectivity index (χ1v) is 16.7. The van der Waals surface area contributed by atoms with Gasteiger partial charge in [0, 0.05) is 73.3 Å². The molecule has 1 fully saturated rings. The number of amides is 2. The number of carbonyl (C=O) groups excluding carboxylic acids is 1. The van der Waals surface area contributed by atoms with Crippen molar-refractivity contribution in [1.82, 2.24) is 28.8 Å². The maximum Gasteiger partial charge on any atom is 0.324 e. The zero-order valence-electron chi connectivity index (χ0n) is 22.2. The van der Waals surface area contributed by atoms with Gasteiger partial charge in [0.2, 0.25) is 5.95 Å². The van der Waals surface area contributed by atoms with Crippen LogP contribution in [-0.4, -0.2) is 74.4 Å². The molecule has 0 atom stereocenters. The first-order valence-electron chi connectivity index (χ1n) is 13.3. The van der Waals surface area contributed by atoms with E-state index in [1.807, 2.05) is 34.4 Å². The summed E-state index contributed by atoms with van der Waals surface area (Å²) in [5.74, 6) is 2.10. The normalized spacial score (nSPS) is 15.2. The lowest BCUT2D eigenvalue weighted by molar-refractivity contribution is 0.0564. The van der Waals surface area contributed by atoms with Crippen molar-refractivity contribution in [2.45, 2.75) is 6.54 Å². The van der Waals surface area contributed by atoms with Crippen molar-refractivity contribution >= 4 is 70.1 Å². The predicted octanol–water partition coefficient (Wildman–Crippen LogP) is 5.14. The van der Waals surface area contributed by atoms with E-state index in [-0.39, 0.29) is 12.0 Å². The topological polar surface area (TPSA) is 129 Å². The van der Waals surface area contributed by atoms with Crippen molar-refractivity contribution in [2.24, 2.45) is 0 Å². The van der Waals surface area contributed by atoms with Gasteiger partial charge in [0.15, 0.2) is 5.65 Å². The number of urea groups is 1. The fourth-order valence-electron chi connectivity index (χ4n) is 5.00. The Kier molecular flexibility index (Phi) is 7.56. The monoisotopic (exact) mass is 696 g/mol. The van der Waals surface area contributed by atoms with Crippen LogP contribution in [0.3, 0.4) is 0 Å². The SMILES string of the molecule is O=C(Nc1nc2c3c(cn(SI)c3n1)-c1ccc3ncc(cc3c1)OCCOc1cncc(c1)CN2)N1CCOCC1. The number of halogens is 1. The standard InChI is InChI=1S/C28H25IN8O4S/c29-42-37-16-22-18-1-2-23-19(10-18)11-21(15-31-23)41-8-7-40-20-9-17(12-30-14-20)13-32-25-24(22)26(37)34-27(33-25)35-28(38)36-3-5-39-6-4-36/h1-2,9-12,14-16H,3-8,13H2,(H2,32,33,34,35,38). The number of hydrogen-bond acceptors (Lipinski definition) is 10. The highest BCUT2D eigenvalue weighted by Gasteiger charge is 2.22. The fraction of sp³-hybridized carbons (Fsp3) is 0.250. The number of fused-ring (bicyclic) bond motifs is 5. The van der Waals surface area contributed by atoms with E-state index in [0.29, 0.717) is 69.0 Å². The summed E-state index contributed by atoms with van der Waals surface area (Å²) in [5.41, 5.74) is 4.35. The number of nitrogens with one attached hydrogen (secondary N) is 2. The van der Waals surface area contributed by atoms with Crippen LogP contribution in [0.4, 0.5) is 16.6 Å². The molecule has 2 N–H and O–H groups in total. The molecule has 5 aromatic rings. The second kappa shape index (κ2) is 11.8. The highest BCUT2D eigenvalue weighted by atomic mass is 127. The minimum absolute atomic E-state index is 0.212. The molecule has 214 valence electrons. The van der Waals surface area contributed by atoms with Crippen LogP contribution in [0, 0.1) is 0 Å². The molecule has 1 saturated heterocycles. The van der Waals surface area contributed by atoms with Gasteiger partial charge in [0.1, 0.15) is 30.5 Å². The summed E-state index contributed by atoms with van der Waals surface area (Å²) in [6.45, 7) is 3.18. The Balaban J connectivity index is 1.37. The first-order chi connectivity index (χ1) is 20.6. The largest absolute Gasteiger partial charge is 0.488 e. The zero-order valence-corrected chi connectivity index (χ0v) is 25.2. The van der Waals surface area contributed by atoms with Crippen LogP contribution in [-0.2, 0) is 11.3 Å². The smallest absolute Gasteiger partial charge is 0.324 e. The Bertz CT molecular complexity index is 1800. The van der Waals surface area contributed by atoms with Crippen molar-refractivity contribution in [3.05, 3.63) is 60.7 Å². The molecule has 42 heavy (non-hydrogen) atoms. The second-order valence-electron chi connectivity index (χ2n) is 9.72. The highest BCUT2D eigenvalue weighted by Crippen LogP contribution is 2.39. The van der Waals surface area contributed by atoms with Gasteiger partial charge >= 0.3 is 6.03 Å². The number of aromatic nitrogens is 5. The summed E-state index contributed by atoms with van der Waals surface area (Å²) >= 11 is 2.23. The van der Waals surface area contributed by atoms with E-state index in [1.54, 1.807) is 23.5 Å². The summed E-state index contributed by atoms with van der Waals surface area (Å²) in [7, 11) is 1.48. The van der Waals surface area contributed by atoms with Crippen LogP contribution in [0.25, 0.3) is 33.1 Å².